The van der Waals surface area contributed by atoms with Gasteiger partial charge in [0.15, 0.2) is 11.2 Å². The van der Waals surface area contributed by atoms with Crippen LogP contribution in [-0.4, -0.2) is 64.8 Å². The predicted molar refractivity (Wildman–Crippen MR) is 198 cm³/mol. The van der Waals surface area contributed by atoms with Crippen molar-refractivity contribution in [2.45, 2.75) is 52.4 Å². The lowest BCUT2D eigenvalue weighted by molar-refractivity contribution is -0.142. The van der Waals surface area contributed by atoms with Crippen LogP contribution in [0, 0.1) is 31.1 Å². The molecule has 54 heavy (non-hydrogen) atoms. The van der Waals surface area contributed by atoms with Crippen molar-refractivity contribution in [3.05, 3.63) is 88.5 Å². The molecule has 2 aliphatic rings. The molecule has 0 saturated carbocycles. The van der Waals surface area contributed by atoms with E-state index < -0.39 is 18.6 Å². The lowest BCUT2D eigenvalue weighted by Gasteiger charge is -2.27. The summed E-state index contributed by atoms with van der Waals surface area (Å²) < 4.78 is 44.3. The molecule has 4 heterocycles. The normalized spacial score (nSPS) is 16.3. The molecule has 4 aromatic carbocycles. The molecule has 0 radical (unpaired) electrons. The summed E-state index contributed by atoms with van der Waals surface area (Å²) in [6, 6.07) is 20.1. The van der Waals surface area contributed by atoms with Crippen molar-refractivity contribution in [3.8, 4) is 45.9 Å². The summed E-state index contributed by atoms with van der Waals surface area (Å²) in [5, 5.41) is 26.4. The Morgan fingerprint density at radius 2 is 1.70 bits per heavy atom. The molecule has 0 amide bonds. The molecule has 8 rings (SSSR count). The number of nitrogens with zero attached hydrogens (tertiary/aromatic N) is 4. The van der Waals surface area contributed by atoms with Gasteiger partial charge in [-0.2, -0.15) is 14.0 Å². The monoisotopic (exact) mass is 732 g/mol. The Hall–Kier alpha value is -5.68. The van der Waals surface area contributed by atoms with Gasteiger partial charge < -0.3 is 29.3 Å². The molecule has 2 fully saturated rings. The average Bonchev–Trinajstić information content (AvgIpc) is 3.88. The third kappa shape index (κ3) is 6.80. The van der Waals surface area contributed by atoms with Gasteiger partial charge in [0.05, 0.1) is 5.56 Å². The van der Waals surface area contributed by atoms with Gasteiger partial charge in [-0.05, 0) is 97.3 Å². The van der Waals surface area contributed by atoms with Gasteiger partial charge in [0, 0.05) is 55.5 Å². The lowest BCUT2D eigenvalue weighted by atomic mass is 9.91. The van der Waals surface area contributed by atoms with Gasteiger partial charge in [-0.25, -0.2) is 9.97 Å². The van der Waals surface area contributed by atoms with E-state index >= 15 is 0 Å². The van der Waals surface area contributed by atoms with E-state index in [9.17, 15) is 23.9 Å². The second-order valence-electron chi connectivity index (χ2n) is 14.0. The highest BCUT2D eigenvalue weighted by molar-refractivity contribution is 5.86. The number of ether oxygens (including phenoxy) is 1. The van der Waals surface area contributed by atoms with Crippen LogP contribution in [0.25, 0.3) is 56.2 Å². The van der Waals surface area contributed by atoms with E-state index in [4.69, 9.17) is 23.5 Å². The van der Waals surface area contributed by atoms with Crippen LogP contribution in [0.4, 0.5) is 8.78 Å². The van der Waals surface area contributed by atoms with E-state index in [1.807, 2.05) is 62.4 Å². The van der Waals surface area contributed by atoms with Gasteiger partial charge in [-0.1, -0.05) is 24.3 Å². The van der Waals surface area contributed by atoms with Crippen LogP contribution in [-0.2, 0) is 17.9 Å². The molecule has 2 aliphatic heterocycles. The summed E-state index contributed by atoms with van der Waals surface area (Å²) in [5.41, 5.74) is 8.77. The van der Waals surface area contributed by atoms with Crippen molar-refractivity contribution < 1.29 is 32.3 Å². The Bertz CT molecular complexity index is 2430. The van der Waals surface area contributed by atoms with Gasteiger partial charge in [0.2, 0.25) is 11.8 Å². The maximum Gasteiger partial charge on any atom is 0.387 e. The van der Waals surface area contributed by atoms with Crippen LogP contribution in [0.1, 0.15) is 40.7 Å². The number of likely N-dealkylation sites (tertiary alicyclic amines) is 1. The van der Waals surface area contributed by atoms with Crippen molar-refractivity contribution in [2.75, 3.05) is 26.2 Å². The number of oxazole rings is 2. The van der Waals surface area contributed by atoms with E-state index in [2.05, 4.69) is 16.7 Å². The van der Waals surface area contributed by atoms with Crippen molar-refractivity contribution in [1.82, 2.24) is 25.5 Å². The average molecular weight is 733 g/mol. The molecule has 0 bridgehead atoms. The highest BCUT2D eigenvalue weighted by Crippen LogP contribution is 2.39. The minimum Gasteiger partial charge on any atom is -0.480 e. The molecule has 0 aliphatic carbocycles. The fourth-order valence-electron chi connectivity index (χ4n) is 7.58. The number of halogens is 2. The molecule has 2 saturated heterocycles. The number of nitriles is 1. The molecule has 1 atom stereocenters. The van der Waals surface area contributed by atoms with Gasteiger partial charge in [0.1, 0.15) is 28.9 Å². The summed E-state index contributed by atoms with van der Waals surface area (Å²) >= 11 is 0. The number of alkyl halides is 2. The number of hydrogen-bond donors (Lipinski definition) is 3. The molecule has 2 aromatic heterocycles. The van der Waals surface area contributed by atoms with Crippen LogP contribution in [0.2, 0.25) is 0 Å². The topological polar surface area (TPSA) is 150 Å². The zero-order chi connectivity index (χ0) is 37.5. The number of nitrogens with one attached hydrogen (secondary N) is 2. The molecular formula is C41H38F2N6O5. The van der Waals surface area contributed by atoms with Gasteiger partial charge in [0.25, 0.3) is 0 Å². The Morgan fingerprint density at radius 3 is 2.35 bits per heavy atom. The molecule has 13 heteroatoms. The zero-order valence-electron chi connectivity index (χ0n) is 29.8. The van der Waals surface area contributed by atoms with E-state index in [1.165, 1.54) is 6.07 Å². The van der Waals surface area contributed by atoms with Crippen LogP contribution < -0.4 is 15.4 Å². The smallest absolute Gasteiger partial charge is 0.387 e. The minimum atomic E-state index is -3.07. The van der Waals surface area contributed by atoms with E-state index in [0.717, 1.165) is 53.0 Å². The quantitative estimate of drug-likeness (QED) is 0.115. The Kier molecular flexibility index (Phi) is 9.58. The summed E-state index contributed by atoms with van der Waals surface area (Å²) in [6.45, 7) is 5.12. The third-order valence-corrected chi connectivity index (χ3v) is 10.5. The van der Waals surface area contributed by atoms with Crippen molar-refractivity contribution in [3.63, 3.8) is 0 Å². The number of aromatic nitrogens is 2. The summed E-state index contributed by atoms with van der Waals surface area (Å²) in [4.78, 5) is 23.1. The summed E-state index contributed by atoms with van der Waals surface area (Å²) in [7, 11) is 0. The van der Waals surface area contributed by atoms with Crippen LogP contribution in [0.15, 0.2) is 69.5 Å². The molecule has 11 nitrogen and oxygen atoms in total. The molecule has 0 unspecified atom stereocenters. The van der Waals surface area contributed by atoms with Crippen LogP contribution in [0.5, 0.6) is 5.75 Å². The Morgan fingerprint density at radius 1 is 1.02 bits per heavy atom. The van der Waals surface area contributed by atoms with E-state index in [0.29, 0.717) is 76.9 Å². The second-order valence-corrected chi connectivity index (χ2v) is 14.0. The van der Waals surface area contributed by atoms with Crippen LogP contribution >= 0.6 is 0 Å². The minimum absolute atomic E-state index is 0.0788. The van der Waals surface area contributed by atoms with Crippen LogP contribution in [0.3, 0.4) is 0 Å². The fourth-order valence-corrected chi connectivity index (χ4v) is 7.58. The Balaban J connectivity index is 1.11. The van der Waals surface area contributed by atoms with Crippen molar-refractivity contribution in [2.24, 2.45) is 5.92 Å². The number of hydrogen-bond acceptors (Lipinski definition) is 10. The first-order chi connectivity index (χ1) is 26.2. The SMILES string of the molecule is Cc1c(-c2nc3cc(CN4CCC[C@H]4C(=O)O)c(OC(F)F)cc3o2)cccc1-c1cccc(-c2nc3cc(CNCC4CNC4)cc(C#N)c3o2)c1C. The fraction of sp³-hybridized carbons (Fsp3) is 0.317. The summed E-state index contributed by atoms with van der Waals surface area (Å²) in [5.74, 6) is 0.322. The Labute approximate surface area is 309 Å². The molecule has 6 aromatic rings. The van der Waals surface area contributed by atoms with E-state index in [-0.39, 0.29) is 17.9 Å². The number of aliphatic carboxylic acids is 1. The van der Waals surface area contributed by atoms with Crippen molar-refractivity contribution in [1.29, 1.82) is 5.26 Å². The highest BCUT2D eigenvalue weighted by atomic mass is 19.3. The lowest BCUT2D eigenvalue weighted by Crippen LogP contribution is -2.47. The number of carboxylic acid groups (broad SMARTS) is 1. The summed E-state index contributed by atoms with van der Waals surface area (Å²) in [6.07, 6.45) is 1.19. The largest absolute Gasteiger partial charge is 0.480 e. The number of carboxylic acids is 1. The first kappa shape index (κ1) is 35.4. The second kappa shape index (κ2) is 14.6. The number of carbonyl (C=O) groups is 1. The molecular weight excluding hydrogens is 694 g/mol. The standard InChI is InChI=1S/C41H38F2N6O5/c1-22-28(29-7-4-9-31(23(29)2)39-48-33-13-24(12-26(16-44)37(33)54-39)17-45-18-25-19-46-20-25)6-3-8-30(22)38-47-32-14-27(21-49-11-5-10-34(49)40(50)51)35(53-41(42)43)15-36(32)52-38/h3-4,6-9,12-15,25,34,41,45-46H,5,10-11,17-21H2,1-2H3,(H,50,51)/t34-/m0/s1. The maximum atomic E-state index is 13.5. The highest BCUT2D eigenvalue weighted by Gasteiger charge is 2.31. The van der Waals surface area contributed by atoms with Crippen molar-refractivity contribution >= 4 is 28.2 Å². The first-order valence-corrected chi connectivity index (χ1v) is 18.0. The van der Waals surface area contributed by atoms with Gasteiger partial charge >= 0.3 is 12.6 Å². The maximum absolute atomic E-state index is 13.5. The zero-order valence-corrected chi connectivity index (χ0v) is 29.8. The molecule has 3 N–H and O–H groups in total. The third-order valence-electron chi connectivity index (χ3n) is 10.5. The molecule has 276 valence electrons. The molecule has 0 spiro atoms. The number of rotatable bonds is 12. The van der Waals surface area contributed by atoms with Gasteiger partial charge in [-0.3, -0.25) is 9.69 Å². The first-order valence-electron chi connectivity index (χ1n) is 18.0. The number of benzene rings is 4. The predicted octanol–water partition coefficient (Wildman–Crippen LogP) is 7.42. The number of fused-ring (bicyclic) bond motifs is 2. The van der Waals surface area contributed by atoms with Gasteiger partial charge in [-0.15, -0.1) is 0 Å². The van der Waals surface area contributed by atoms with E-state index in [1.54, 1.807) is 11.0 Å².